The highest BCUT2D eigenvalue weighted by atomic mass is 32.2. The number of amides is 1. The van der Waals surface area contributed by atoms with Crippen molar-refractivity contribution in [1.29, 1.82) is 0 Å². The first-order valence-electron chi connectivity index (χ1n) is 6.67. The topological polar surface area (TPSA) is 49.3 Å². The van der Waals surface area contributed by atoms with Crippen LogP contribution in [0.25, 0.3) is 0 Å². The van der Waals surface area contributed by atoms with Crippen LogP contribution in [0.5, 0.6) is 0 Å². The van der Waals surface area contributed by atoms with E-state index in [2.05, 4.69) is 5.32 Å². The van der Waals surface area contributed by atoms with Crippen molar-refractivity contribution < 1.29 is 23.1 Å². The fourth-order valence-corrected chi connectivity index (χ4v) is 3.23. The molecule has 2 rings (SSSR count). The SMILES string of the molecule is O=C(NC1CCCC1CO)c1ccccc1SC(F)(F)F. The summed E-state index contributed by atoms with van der Waals surface area (Å²) in [5, 5.41) is 12.0. The Hall–Kier alpha value is -1.21. The second kappa shape index (κ2) is 6.70. The van der Waals surface area contributed by atoms with E-state index in [-0.39, 0.29) is 40.8 Å². The van der Waals surface area contributed by atoms with Gasteiger partial charge >= 0.3 is 5.51 Å². The van der Waals surface area contributed by atoms with E-state index in [9.17, 15) is 23.1 Å². The number of alkyl halides is 3. The molecule has 0 bridgehead atoms. The Morgan fingerprint density at radius 3 is 2.71 bits per heavy atom. The van der Waals surface area contributed by atoms with Gasteiger partial charge in [0.05, 0.1) is 5.56 Å². The number of hydrogen-bond donors (Lipinski definition) is 2. The summed E-state index contributed by atoms with van der Waals surface area (Å²) in [5.41, 5.74) is -4.42. The van der Waals surface area contributed by atoms with Crippen molar-refractivity contribution >= 4 is 17.7 Å². The van der Waals surface area contributed by atoms with Crippen molar-refractivity contribution in [1.82, 2.24) is 5.32 Å². The lowest BCUT2D eigenvalue weighted by atomic mass is 10.0. The molecule has 0 radical (unpaired) electrons. The Kier molecular flexibility index (Phi) is 5.16. The standard InChI is InChI=1S/C14H16F3NO2S/c15-14(16,17)21-12-7-2-1-5-10(12)13(20)18-11-6-3-4-9(11)8-19/h1-2,5,7,9,11,19H,3-4,6,8H2,(H,18,20). The van der Waals surface area contributed by atoms with Gasteiger partial charge in [-0.3, -0.25) is 4.79 Å². The smallest absolute Gasteiger partial charge is 0.396 e. The van der Waals surface area contributed by atoms with Crippen LogP contribution in [0, 0.1) is 5.92 Å². The molecule has 0 aliphatic heterocycles. The average Bonchev–Trinajstić information content (AvgIpc) is 2.84. The van der Waals surface area contributed by atoms with Crippen LogP contribution in [0.2, 0.25) is 0 Å². The van der Waals surface area contributed by atoms with E-state index in [1.807, 2.05) is 0 Å². The molecule has 116 valence electrons. The van der Waals surface area contributed by atoms with Crippen molar-refractivity contribution in [3.8, 4) is 0 Å². The Bertz CT molecular complexity index is 507. The zero-order valence-electron chi connectivity index (χ0n) is 11.2. The number of thioether (sulfide) groups is 1. The third-order valence-electron chi connectivity index (χ3n) is 3.57. The minimum absolute atomic E-state index is 0.0171. The summed E-state index contributed by atoms with van der Waals surface area (Å²) in [6, 6.07) is 5.49. The van der Waals surface area contributed by atoms with Gasteiger partial charge in [0.25, 0.3) is 5.91 Å². The minimum atomic E-state index is -4.43. The molecule has 1 aliphatic rings. The second-order valence-electron chi connectivity index (χ2n) is 5.00. The quantitative estimate of drug-likeness (QED) is 0.838. The predicted molar refractivity (Wildman–Crippen MR) is 74.0 cm³/mol. The fourth-order valence-electron chi connectivity index (χ4n) is 2.56. The van der Waals surface area contributed by atoms with E-state index in [1.165, 1.54) is 24.3 Å². The van der Waals surface area contributed by atoms with Gasteiger partial charge in [0.1, 0.15) is 0 Å². The first-order chi connectivity index (χ1) is 9.90. The maximum Gasteiger partial charge on any atom is 0.446 e. The number of aliphatic hydroxyl groups excluding tert-OH is 1. The van der Waals surface area contributed by atoms with Gasteiger partial charge in [-0.1, -0.05) is 18.6 Å². The number of benzene rings is 1. The molecule has 1 aliphatic carbocycles. The molecule has 2 atom stereocenters. The molecule has 3 nitrogen and oxygen atoms in total. The zero-order valence-corrected chi connectivity index (χ0v) is 12.0. The first-order valence-corrected chi connectivity index (χ1v) is 7.49. The van der Waals surface area contributed by atoms with Crippen LogP contribution < -0.4 is 5.32 Å². The molecule has 21 heavy (non-hydrogen) atoms. The Balaban J connectivity index is 2.12. The highest BCUT2D eigenvalue weighted by Gasteiger charge is 2.32. The summed E-state index contributed by atoms with van der Waals surface area (Å²) < 4.78 is 37.5. The molecule has 0 saturated heterocycles. The lowest BCUT2D eigenvalue weighted by molar-refractivity contribution is -0.0328. The number of halogens is 3. The van der Waals surface area contributed by atoms with Crippen LogP contribution in [0.15, 0.2) is 29.2 Å². The molecule has 1 saturated carbocycles. The van der Waals surface area contributed by atoms with E-state index in [0.717, 1.165) is 19.3 Å². The number of aliphatic hydroxyl groups is 1. The molecular weight excluding hydrogens is 303 g/mol. The molecule has 0 spiro atoms. The summed E-state index contributed by atoms with van der Waals surface area (Å²) in [7, 11) is 0. The van der Waals surface area contributed by atoms with Crippen LogP contribution in [0.3, 0.4) is 0 Å². The van der Waals surface area contributed by atoms with Crippen LogP contribution in [-0.2, 0) is 0 Å². The van der Waals surface area contributed by atoms with Gasteiger partial charge in [-0.2, -0.15) is 13.2 Å². The molecule has 2 unspecified atom stereocenters. The lowest BCUT2D eigenvalue weighted by Gasteiger charge is -2.20. The summed E-state index contributed by atoms with van der Waals surface area (Å²) in [6.45, 7) is -0.0239. The van der Waals surface area contributed by atoms with Crippen LogP contribution in [0.4, 0.5) is 13.2 Å². The molecular formula is C14H16F3NO2S. The van der Waals surface area contributed by atoms with Gasteiger partial charge in [0, 0.05) is 23.5 Å². The van der Waals surface area contributed by atoms with Gasteiger partial charge in [-0.05, 0) is 36.7 Å². The number of carbonyl (C=O) groups excluding carboxylic acids is 1. The van der Waals surface area contributed by atoms with E-state index < -0.39 is 11.4 Å². The van der Waals surface area contributed by atoms with Gasteiger partial charge in [0.15, 0.2) is 0 Å². The summed E-state index contributed by atoms with van der Waals surface area (Å²) in [4.78, 5) is 12.1. The van der Waals surface area contributed by atoms with E-state index in [4.69, 9.17) is 0 Å². The molecule has 1 amide bonds. The lowest BCUT2D eigenvalue weighted by Crippen LogP contribution is -2.38. The molecule has 0 aromatic heterocycles. The largest absolute Gasteiger partial charge is 0.446 e. The van der Waals surface area contributed by atoms with E-state index in [1.54, 1.807) is 0 Å². The minimum Gasteiger partial charge on any atom is -0.396 e. The van der Waals surface area contributed by atoms with Gasteiger partial charge in [0.2, 0.25) is 0 Å². The van der Waals surface area contributed by atoms with Crippen LogP contribution in [0.1, 0.15) is 29.6 Å². The maximum atomic E-state index is 12.5. The Labute approximate surface area is 124 Å². The number of nitrogens with one attached hydrogen (secondary N) is 1. The zero-order chi connectivity index (χ0) is 15.5. The van der Waals surface area contributed by atoms with Gasteiger partial charge in [-0.15, -0.1) is 0 Å². The third-order valence-corrected chi connectivity index (χ3v) is 4.37. The highest BCUT2D eigenvalue weighted by Crippen LogP contribution is 2.38. The predicted octanol–water partition coefficient (Wildman–Crippen LogP) is 3.19. The molecule has 2 N–H and O–H groups in total. The first kappa shape index (κ1) is 16.2. The summed E-state index contributed by atoms with van der Waals surface area (Å²) in [5.74, 6) is -0.538. The fraction of sp³-hybridized carbons (Fsp3) is 0.500. The number of hydrogen-bond acceptors (Lipinski definition) is 3. The second-order valence-corrected chi connectivity index (χ2v) is 6.10. The van der Waals surface area contributed by atoms with Crippen molar-refractivity contribution in [2.24, 2.45) is 5.92 Å². The molecule has 1 aromatic rings. The number of rotatable bonds is 4. The van der Waals surface area contributed by atoms with Crippen molar-refractivity contribution in [2.75, 3.05) is 6.61 Å². The molecule has 1 aromatic carbocycles. The highest BCUT2D eigenvalue weighted by molar-refractivity contribution is 8.00. The van der Waals surface area contributed by atoms with Crippen molar-refractivity contribution in [3.05, 3.63) is 29.8 Å². The van der Waals surface area contributed by atoms with E-state index in [0.29, 0.717) is 0 Å². The van der Waals surface area contributed by atoms with Crippen molar-refractivity contribution in [2.45, 2.75) is 35.7 Å². The monoisotopic (exact) mass is 319 g/mol. The van der Waals surface area contributed by atoms with Crippen LogP contribution in [-0.4, -0.2) is 29.2 Å². The third kappa shape index (κ3) is 4.38. The molecule has 0 heterocycles. The Morgan fingerprint density at radius 1 is 1.33 bits per heavy atom. The van der Waals surface area contributed by atoms with Crippen LogP contribution >= 0.6 is 11.8 Å². The average molecular weight is 319 g/mol. The molecule has 1 fully saturated rings. The Morgan fingerprint density at radius 2 is 2.05 bits per heavy atom. The normalized spacial score (nSPS) is 22.3. The van der Waals surface area contributed by atoms with Crippen molar-refractivity contribution in [3.63, 3.8) is 0 Å². The van der Waals surface area contributed by atoms with E-state index >= 15 is 0 Å². The summed E-state index contributed by atoms with van der Waals surface area (Å²) >= 11 is -0.290. The number of carbonyl (C=O) groups is 1. The van der Waals surface area contributed by atoms with Gasteiger partial charge in [-0.25, -0.2) is 0 Å². The summed E-state index contributed by atoms with van der Waals surface area (Å²) in [6.07, 6.45) is 2.46. The molecule has 7 heteroatoms. The maximum absolute atomic E-state index is 12.5. The van der Waals surface area contributed by atoms with Gasteiger partial charge < -0.3 is 10.4 Å².